The lowest BCUT2D eigenvalue weighted by Gasteiger charge is -2.23. The fraction of sp³-hybridized carbons (Fsp3) is 0.842. The average Bonchev–Trinajstić information content (AvgIpc) is 3.30. The average molecular weight is 364 g/mol. The van der Waals surface area contributed by atoms with Crippen molar-refractivity contribution in [1.29, 1.82) is 0 Å². The molecule has 0 radical (unpaired) electrons. The molecule has 1 unspecified atom stereocenters. The number of hydrogen-bond acceptors (Lipinski definition) is 4. The summed E-state index contributed by atoms with van der Waals surface area (Å²) in [5.74, 6) is 2.12. The van der Waals surface area contributed by atoms with E-state index in [1.165, 1.54) is 63.1 Å². The van der Waals surface area contributed by atoms with Gasteiger partial charge in [0.1, 0.15) is 5.25 Å². The number of nitrogens with one attached hydrogen (secondary N) is 2. The summed E-state index contributed by atoms with van der Waals surface area (Å²) in [6.45, 7) is 0.812. The van der Waals surface area contributed by atoms with E-state index in [9.17, 15) is 9.59 Å². The number of rotatable bonds is 5. The molecule has 2 amide bonds. The topological polar surface area (TPSA) is 70.6 Å². The highest BCUT2D eigenvalue weighted by atomic mass is 32.2. The number of hydrogen-bond donors (Lipinski definition) is 2. The molecule has 0 aromatic rings. The van der Waals surface area contributed by atoms with Gasteiger partial charge < -0.3 is 10.6 Å². The van der Waals surface area contributed by atoms with Crippen molar-refractivity contribution in [3.8, 4) is 0 Å². The van der Waals surface area contributed by atoms with Crippen LogP contribution >= 0.6 is 11.8 Å². The van der Waals surface area contributed by atoms with E-state index in [2.05, 4.69) is 15.6 Å². The zero-order valence-electron chi connectivity index (χ0n) is 14.8. The van der Waals surface area contributed by atoms with Crippen LogP contribution in [0.3, 0.4) is 0 Å². The Balaban J connectivity index is 1.23. The van der Waals surface area contributed by atoms with E-state index >= 15 is 0 Å². The number of carbonyl (C=O) groups excluding carboxylic acids is 2. The molecule has 3 aliphatic carbocycles. The molecule has 1 saturated heterocycles. The molecule has 5 nitrogen and oxygen atoms in total. The summed E-state index contributed by atoms with van der Waals surface area (Å²) >= 11 is 1.44. The normalized spacial score (nSPS) is 36.8. The number of fused-ring (bicyclic) bond motifs is 2. The van der Waals surface area contributed by atoms with Crippen molar-refractivity contribution in [2.24, 2.45) is 22.7 Å². The maximum atomic E-state index is 12.3. The molecule has 2 bridgehead atoms. The van der Waals surface area contributed by atoms with E-state index in [1.54, 1.807) is 0 Å². The fourth-order valence-corrected chi connectivity index (χ4v) is 6.03. The molecule has 1 aliphatic heterocycles. The standard InChI is InChI=1S/C19H29N3O2S/c23-17(21-15-9-13-6-7-14(15)8-13)10-16-18(24)22-19(25-16)20-11-12-4-2-1-3-5-12/h12-16H,1-11H2,(H,21,23)(H,20,22,24)/t13-,14-,15-,16?/m1/s1. The highest BCUT2D eigenvalue weighted by molar-refractivity contribution is 8.15. The molecule has 6 heteroatoms. The highest BCUT2D eigenvalue weighted by Crippen LogP contribution is 2.44. The maximum Gasteiger partial charge on any atom is 0.240 e. The Kier molecular flexibility index (Phi) is 5.34. The van der Waals surface area contributed by atoms with E-state index < -0.39 is 0 Å². The summed E-state index contributed by atoms with van der Waals surface area (Å²) in [7, 11) is 0. The zero-order valence-corrected chi connectivity index (χ0v) is 15.7. The van der Waals surface area contributed by atoms with Gasteiger partial charge in [0.05, 0.1) is 0 Å². The van der Waals surface area contributed by atoms with Crippen LogP contribution in [-0.4, -0.2) is 34.8 Å². The molecule has 3 saturated carbocycles. The molecular formula is C19H29N3O2S. The van der Waals surface area contributed by atoms with Crippen LogP contribution in [0.1, 0.15) is 64.2 Å². The summed E-state index contributed by atoms with van der Waals surface area (Å²) in [6, 6.07) is 0.347. The van der Waals surface area contributed by atoms with Crippen molar-refractivity contribution < 1.29 is 9.59 Å². The first kappa shape index (κ1) is 17.4. The summed E-state index contributed by atoms with van der Waals surface area (Å²) in [5, 5.41) is 6.45. The van der Waals surface area contributed by atoms with Crippen LogP contribution in [0.5, 0.6) is 0 Å². The third kappa shape index (κ3) is 4.21. The Labute approximate surface area is 154 Å². The predicted molar refractivity (Wildman–Crippen MR) is 100 cm³/mol. The predicted octanol–water partition coefficient (Wildman–Crippen LogP) is 2.85. The SMILES string of the molecule is O=C(CC1SC(=NCC2CCCCC2)NC1=O)N[C@@H]1C[C@@H]2CC[C@@H]1C2. The molecule has 0 aromatic heterocycles. The number of aliphatic imine (C=N–C) groups is 1. The first-order valence-electron chi connectivity index (χ1n) is 9.98. The van der Waals surface area contributed by atoms with Gasteiger partial charge in [-0.3, -0.25) is 14.6 Å². The quantitative estimate of drug-likeness (QED) is 0.789. The lowest BCUT2D eigenvalue weighted by Crippen LogP contribution is -2.40. The van der Waals surface area contributed by atoms with Crippen molar-refractivity contribution in [3.63, 3.8) is 0 Å². The van der Waals surface area contributed by atoms with Gasteiger partial charge in [-0.05, 0) is 49.9 Å². The monoisotopic (exact) mass is 363 g/mol. The molecule has 25 heavy (non-hydrogen) atoms. The first-order valence-corrected chi connectivity index (χ1v) is 10.9. The molecule has 1 heterocycles. The van der Waals surface area contributed by atoms with Crippen molar-refractivity contribution in [2.75, 3.05) is 6.54 Å². The number of nitrogens with zero attached hydrogens (tertiary/aromatic N) is 1. The van der Waals surface area contributed by atoms with Crippen molar-refractivity contribution in [2.45, 2.75) is 75.5 Å². The minimum atomic E-state index is -0.316. The molecular weight excluding hydrogens is 334 g/mol. The van der Waals surface area contributed by atoms with Gasteiger partial charge in [0.25, 0.3) is 0 Å². The van der Waals surface area contributed by atoms with Crippen LogP contribution in [0.2, 0.25) is 0 Å². The van der Waals surface area contributed by atoms with Crippen LogP contribution in [0.25, 0.3) is 0 Å². The molecule has 138 valence electrons. The number of thioether (sulfide) groups is 1. The van der Waals surface area contributed by atoms with Gasteiger partial charge in [0.2, 0.25) is 11.8 Å². The minimum absolute atomic E-state index is 0.0266. The molecule has 4 rings (SSSR count). The molecule has 0 spiro atoms. The number of amidine groups is 1. The van der Waals surface area contributed by atoms with Gasteiger partial charge in [-0.1, -0.05) is 37.4 Å². The van der Waals surface area contributed by atoms with Crippen molar-refractivity contribution >= 4 is 28.7 Å². The van der Waals surface area contributed by atoms with E-state index in [-0.39, 0.29) is 23.5 Å². The third-order valence-corrected chi connectivity index (χ3v) is 7.57. The van der Waals surface area contributed by atoms with Gasteiger partial charge in [-0.2, -0.15) is 0 Å². The molecule has 4 atom stereocenters. The van der Waals surface area contributed by atoms with Gasteiger partial charge >= 0.3 is 0 Å². The van der Waals surface area contributed by atoms with Crippen LogP contribution in [-0.2, 0) is 9.59 Å². The van der Waals surface area contributed by atoms with Crippen molar-refractivity contribution in [3.05, 3.63) is 0 Å². The Morgan fingerprint density at radius 1 is 1.16 bits per heavy atom. The minimum Gasteiger partial charge on any atom is -0.353 e. The lowest BCUT2D eigenvalue weighted by molar-refractivity contribution is -0.125. The highest BCUT2D eigenvalue weighted by Gasteiger charge is 2.41. The number of carbonyl (C=O) groups is 2. The van der Waals surface area contributed by atoms with Crippen LogP contribution < -0.4 is 10.6 Å². The van der Waals surface area contributed by atoms with E-state index in [0.29, 0.717) is 23.0 Å². The summed E-state index contributed by atoms with van der Waals surface area (Å²) in [6.07, 6.45) is 11.7. The van der Waals surface area contributed by atoms with E-state index in [1.807, 2.05) is 0 Å². The first-order chi connectivity index (χ1) is 12.2. The van der Waals surface area contributed by atoms with Crippen LogP contribution in [0, 0.1) is 17.8 Å². The molecule has 4 aliphatic rings. The largest absolute Gasteiger partial charge is 0.353 e. The Bertz CT molecular complexity index is 559. The van der Waals surface area contributed by atoms with E-state index in [0.717, 1.165) is 18.9 Å². The van der Waals surface area contributed by atoms with Crippen LogP contribution in [0.15, 0.2) is 4.99 Å². The molecule has 2 N–H and O–H groups in total. The summed E-state index contributed by atoms with van der Waals surface area (Å²) in [4.78, 5) is 29.1. The second-order valence-corrected chi connectivity index (χ2v) is 9.49. The zero-order chi connectivity index (χ0) is 17.2. The Morgan fingerprint density at radius 2 is 2.00 bits per heavy atom. The fourth-order valence-electron chi connectivity index (χ4n) is 5.05. The summed E-state index contributed by atoms with van der Waals surface area (Å²) in [5.41, 5.74) is 0. The Morgan fingerprint density at radius 3 is 2.72 bits per heavy atom. The maximum absolute atomic E-state index is 12.3. The van der Waals surface area contributed by atoms with Gasteiger partial charge in [0, 0.05) is 19.0 Å². The van der Waals surface area contributed by atoms with Gasteiger partial charge in [-0.25, -0.2) is 0 Å². The smallest absolute Gasteiger partial charge is 0.240 e. The molecule has 4 fully saturated rings. The molecule has 0 aromatic carbocycles. The second kappa shape index (κ2) is 7.68. The number of amides is 2. The Hall–Kier alpha value is -1.04. The van der Waals surface area contributed by atoms with E-state index in [4.69, 9.17) is 0 Å². The third-order valence-electron chi connectivity index (χ3n) is 6.45. The second-order valence-electron chi connectivity index (χ2n) is 8.30. The van der Waals surface area contributed by atoms with Gasteiger partial charge in [0.15, 0.2) is 5.17 Å². The lowest BCUT2D eigenvalue weighted by atomic mass is 9.89. The van der Waals surface area contributed by atoms with Crippen molar-refractivity contribution in [1.82, 2.24) is 10.6 Å². The van der Waals surface area contributed by atoms with Gasteiger partial charge in [-0.15, -0.1) is 0 Å². The summed E-state index contributed by atoms with van der Waals surface area (Å²) < 4.78 is 0. The van der Waals surface area contributed by atoms with Crippen LogP contribution in [0.4, 0.5) is 0 Å².